The van der Waals surface area contributed by atoms with E-state index >= 15 is 0 Å². The smallest absolute Gasteiger partial charge is 0.307 e. The highest BCUT2D eigenvalue weighted by Crippen LogP contribution is 2.53. The summed E-state index contributed by atoms with van der Waals surface area (Å²) in [4.78, 5) is 25.9. The Bertz CT molecular complexity index is 793. The summed E-state index contributed by atoms with van der Waals surface area (Å²) in [6.45, 7) is 0. The third kappa shape index (κ3) is 2.58. The van der Waals surface area contributed by atoms with E-state index in [9.17, 15) is 9.59 Å². The number of ether oxygens (including phenoxy) is 1. The molecule has 4 rings (SSSR count). The van der Waals surface area contributed by atoms with Crippen LogP contribution in [0.3, 0.4) is 0 Å². The second-order valence-electron chi connectivity index (χ2n) is 6.68. The van der Waals surface area contributed by atoms with Crippen molar-refractivity contribution in [2.24, 2.45) is 5.92 Å². The number of alkyl halides is 1. The van der Waals surface area contributed by atoms with E-state index < -0.39 is 5.60 Å². The first-order valence-corrected chi connectivity index (χ1v) is 9.23. The van der Waals surface area contributed by atoms with Gasteiger partial charge in [-0.25, -0.2) is 0 Å². The zero-order valence-electron chi connectivity index (χ0n) is 13.8. The largest absolute Gasteiger partial charge is 0.441 e. The van der Waals surface area contributed by atoms with Crippen molar-refractivity contribution in [3.05, 3.63) is 59.7 Å². The molecule has 2 aromatic carbocycles. The fourth-order valence-corrected chi connectivity index (χ4v) is 3.82. The quantitative estimate of drug-likeness (QED) is 0.568. The first-order valence-electron chi connectivity index (χ1n) is 8.70. The van der Waals surface area contributed by atoms with E-state index in [1.807, 2.05) is 48.5 Å². The number of esters is 1. The Balaban J connectivity index is 1.88. The summed E-state index contributed by atoms with van der Waals surface area (Å²) in [5.74, 6) is -0.00317. The molecule has 0 saturated heterocycles. The van der Waals surface area contributed by atoms with Crippen molar-refractivity contribution in [1.82, 2.24) is 0 Å². The molecule has 0 bridgehead atoms. The van der Waals surface area contributed by atoms with Crippen molar-refractivity contribution in [2.45, 2.75) is 31.3 Å². The molecular weight excluding hydrogens is 336 g/mol. The van der Waals surface area contributed by atoms with Crippen molar-refractivity contribution in [1.29, 1.82) is 0 Å². The Morgan fingerprint density at radius 3 is 2.08 bits per heavy atom. The van der Waals surface area contributed by atoms with E-state index in [4.69, 9.17) is 16.3 Å². The third-order valence-corrected chi connectivity index (χ3v) is 5.25. The highest BCUT2D eigenvalue weighted by atomic mass is 35.5. The minimum Gasteiger partial charge on any atom is -0.441 e. The van der Waals surface area contributed by atoms with Crippen LogP contribution < -0.4 is 0 Å². The van der Waals surface area contributed by atoms with Crippen molar-refractivity contribution in [3.63, 3.8) is 0 Å². The minimum atomic E-state index is -1.31. The summed E-state index contributed by atoms with van der Waals surface area (Å²) in [6, 6.07) is 15.5. The predicted octanol–water partition coefficient (Wildman–Crippen LogP) is 4.45. The molecule has 25 heavy (non-hydrogen) atoms. The first kappa shape index (κ1) is 16.3. The molecule has 0 aliphatic heterocycles. The van der Waals surface area contributed by atoms with E-state index in [0.29, 0.717) is 12.3 Å². The molecule has 0 spiro atoms. The van der Waals surface area contributed by atoms with Crippen LogP contribution in [-0.2, 0) is 19.9 Å². The predicted molar refractivity (Wildman–Crippen MR) is 96.4 cm³/mol. The summed E-state index contributed by atoms with van der Waals surface area (Å²) in [5, 5.41) is 0. The summed E-state index contributed by atoms with van der Waals surface area (Å²) >= 11 is 5.71. The van der Waals surface area contributed by atoms with Gasteiger partial charge in [0, 0.05) is 29.3 Å². The molecule has 0 amide bonds. The van der Waals surface area contributed by atoms with Crippen LogP contribution >= 0.6 is 11.6 Å². The van der Waals surface area contributed by atoms with Crippen LogP contribution in [0.25, 0.3) is 11.1 Å². The number of carbonyl (C=O) groups excluding carboxylic acids is 2. The fraction of sp³-hybridized carbons (Fsp3) is 0.333. The summed E-state index contributed by atoms with van der Waals surface area (Å²) in [7, 11) is 0. The van der Waals surface area contributed by atoms with E-state index in [1.165, 1.54) is 0 Å². The van der Waals surface area contributed by atoms with Gasteiger partial charge in [-0.3, -0.25) is 9.59 Å². The van der Waals surface area contributed by atoms with Crippen LogP contribution in [-0.4, -0.2) is 17.6 Å². The van der Waals surface area contributed by atoms with Gasteiger partial charge in [0.05, 0.1) is 0 Å². The van der Waals surface area contributed by atoms with Gasteiger partial charge in [0.15, 0.2) is 5.78 Å². The average Bonchev–Trinajstić information content (AvgIpc) is 3.45. The first-order chi connectivity index (χ1) is 12.2. The standard InChI is InChI=1S/C21H19ClO3/c22-13-5-10-19(23)25-21(20(24)14-11-12-14)17-8-3-1-6-15(17)16-7-2-4-9-18(16)21/h1-4,6-9,14H,5,10-13H2. The molecule has 0 radical (unpaired) electrons. The number of ketones is 1. The maximum Gasteiger partial charge on any atom is 0.307 e. The molecule has 0 unspecified atom stereocenters. The molecule has 2 aliphatic carbocycles. The van der Waals surface area contributed by atoms with Crippen LogP contribution in [0, 0.1) is 5.92 Å². The summed E-state index contributed by atoms with van der Waals surface area (Å²) in [5.41, 5.74) is 2.20. The molecule has 3 nitrogen and oxygen atoms in total. The lowest BCUT2D eigenvalue weighted by molar-refractivity contribution is -0.164. The molecular formula is C21H19ClO3. The lowest BCUT2D eigenvalue weighted by Gasteiger charge is -2.30. The van der Waals surface area contributed by atoms with E-state index in [2.05, 4.69) is 0 Å². The Morgan fingerprint density at radius 2 is 1.56 bits per heavy atom. The highest BCUT2D eigenvalue weighted by Gasteiger charge is 2.56. The number of hydrogen-bond acceptors (Lipinski definition) is 3. The normalized spacial score (nSPS) is 16.8. The molecule has 4 heteroatoms. The van der Waals surface area contributed by atoms with Crippen molar-refractivity contribution < 1.29 is 14.3 Å². The lowest BCUT2D eigenvalue weighted by Crippen LogP contribution is -2.41. The van der Waals surface area contributed by atoms with E-state index in [1.54, 1.807) is 0 Å². The maximum absolute atomic E-state index is 13.4. The Hall–Kier alpha value is -2.13. The van der Waals surface area contributed by atoms with Gasteiger partial charge >= 0.3 is 5.97 Å². The van der Waals surface area contributed by atoms with Gasteiger partial charge in [-0.1, -0.05) is 48.5 Å². The van der Waals surface area contributed by atoms with Crippen LogP contribution in [0.4, 0.5) is 0 Å². The molecule has 128 valence electrons. The van der Waals surface area contributed by atoms with Crippen LogP contribution in [0.2, 0.25) is 0 Å². The van der Waals surface area contributed by atoms with Crippen molar-refractivity contribution >= 4 is 23.4 Å². The third-order valence-electron chi connectivity index (χ3n) is 4.98. The Morgan fingerprint density at radius 1 is 1.00 bits per heavy atom. The topological polar surface area (TPSA) is 43.4 Å². The van der Waals surface area contributed by atoms with Gasteiger partial charge in [-0.05, 0) is 30.4 Å². The second-order valence-corrected chi connectivity index (χ2v) is 7.06. The van der Waals surface area contributed by atoms with Crippen LogP contribution in [0.5, 0.6) is 0 Å². The van der Waals surface area contributed by atoms with Gasteiger partial charge in [-0.15, -0.1) is 11.6 Å². The fourth-order valence-electron chi connectivity index (χ4n) is 3.69. The molecule has 1 fully saturated rings. The number of hydrogen-bond donors (Lipinski definition) is 0. The summed E-state index contributed by atoms with van der Waals surface area (Å²) in [6.07, 6.45) is 2.49. The number of halogens is 1. The highest BCUT2D eigenvalue weighted by molar-refractivity contribution is 6.17. The van der Waals surface area contributed by atoms with E-state index in [-0.39, 0.29) is 24.1 Å². The molecule has 2 aliphatic rings. The maximum atomic E-state index is 13.4. The number of fused-ring (bicyclic) bond motifs is 3. The van der Waals surface area contributed by atoms with Crippen LogP contribution in [0.1, 0.15) is 36.8 Å². The van der Waals surface area contributed by atoms with E-state index in [0.717, 1.165) is 35.1 Å². The number of benzene rings is 2. The number of Topliss-reactive ketones (excluding diaryl/α,β-unsaturated/α-hetero) is 1. The zero-order chi connectivity index (χ0) is 17.4. The van der Waals surface area contributed by atoms with Crippen molar-refractivity contribution in [2.75, 3.05) is 5.88 Å². The number of carbonyl (C=O) groups is 2. The minimum absolute atomic E-state index is 0.00382. The van der Waals surface area contributed by atoms with Gasteiger partial charge in [0.2, 0.25) is 5.60 Å². The van der Waals surface area contributed by atoms with Gasteiger partial charge in [0.1, 0.15) is 0 Å². The molecule has 2 aromatic rings. The van der Waals surface area contributed by atoms with Crippen molar-refractivity contribution in [3.8, 4) is 11.1 Å². The molecule has 0 N–H and O–H groups in total. The molecule has 0 atom stereocenters. The van der Waals surface area contributed by atoms with Gasteiger partial charge in [-0.2, -0.15) is 0 Å². The lowest BCUT2D eigenvalue weighted by atomic mass is 9.84. The van der Waals surface area contributed by atoms with Gasteiger partial charge in [0.25, 0.3) is 0 Å². The van der Waals surface area contributed by atoms with Crippen LogP contribution in [0.15, 0.2) is 48.5 Å². The molecule has 0 heterocycles. The monoisotopic (exact) mass is 354 g/mol. The second kappa shape index (κ2) is 6.30. The van der Waals surface area contributed by atoms with Gasteiger partial charge < -0.3 is 4.74 Å². The average molecular weight is 355 g/mol. The Labute approximate surface area is 152 Å². The molecule has 1 saturated carbocycles. The number of rotatable bonds is 6. The SMILES string of the molecule is O=C(CCCCl)OC1(C(=O)C2CC2)c2ccccc2-c2ccccc21. The summed E-state index contributed by atoms with van der Waals surface area (Å²) < 4.78 is 5.97. The molecule has 0 aromatic heterocycles. The Kier molecular flexibility index (Phi) is 4.12. The zero-order valence-corrected chi connectivity index (χ0v) is 14.6.